The van der Waals surface area contributed by atoms with E-state index in [0.29, 0.717) is 13.2 Å². The van der Waals surface area contributed by atoms with Crippen LogP contribution in [0.4, 0.5) is 0 Å². The SMILES string of the molecule is Cc1cc(C(=O)N2CCO[C@@H]3CCCC[C@@H]32)c2c(C)nn(C)c2n1. The van der Waals surface area contributed by atoms with E-state index in [1.165, 1.54) is 12.8 Å². The molecule has 4 rings (SSSR count). The van der Waals surface area contributed by atoms with Gasteiger partial charge in [-0.3, -0.25) is 9.48 Å². The van der Waals surface area contributed by atoms with Crippen LogP contribution < -0.4 is 0 Å². The van der Waals surface area contributed by atoms with E-state index in [4.69, 9.17) is 4.74 Å². The molecule has 0 bridgehead atoms. The Morgan fingerprint density at radius 1 is 1.29 bits per heavy atom. The summed E-state index contributed by atoms with van der Waals surface area (Å²) in [5.41, 5.74) is 3.22. The maximum atomic E-state index is 13.4. The molecule has 0 radical (unpaired) electrons. The highest BCUT2D eigenvalue weighted by atomic mass is 16.5. The van der Waals surface area contributed by atoms with E-state index in [-0.39, 0.29) is 18.1 Å². The van der Waals surface area contributed by atoms with Crippen LogP contribution in [0, 0.1) is 13.8 Å². The van der Waals surface area contributed by atoms with Gasteiger partial charge in [-0.1, -0.05) is 12.8 Å². The van der Waals surface area contributed by atoms with Crippen molar-refractivity contribution in [3.8, 4) is 0 Å². The lowest BCUT2D eigenvalue weighted by Gasteiger charge is -2.43. The highest BCUT2D eigenvalue weighted by Gasteiger charge is 2.37. The Kier molecular flexibility index (Phi) is 3.79. The van der Waals surface area contributed by atoms with Crippen molar-refractivity contribution in [3.63, 3.8) is 0 Å². The average molecular weight is 328 g/mol. The lowest BCUT2D eigenvalue weighted by atomic mass is 9.89. The maximum absolute atomic E-state index is 13.4. The zero-order valence-electron chi connectivity index (χ0n) is 14.6. The number of morpholine rings is 1. The summed E-state index contributed by atoms with van der Waals surface area (Å²) < 4.78 is 7.68. The zero-order valence-corrected chi connectivity index (χ0v) is 14.6. The van der Waals surface area contributed by atoms with Crippen molar-refractivity contribution in [2.45, 2.75) is 51.7 Å². The van der Waals surface area contributed by atoms with Gasteiger partial charge >= 0.3 is 0 Å². The Hall–Kier alpha value is -1.95. The molecule has 2 aromatic heterocycles. The van der Waals surface area contributed by atoms with Gasteiger partial charge in [0, 0.05) is 19.3 Å². The maximum Gasteiger partial charge on any atom is 0.255 e. The fourth-order valence-electron chi connectivity index (χ4n) is 4.24. The largest absolute Gasteiger partial charge is 0.374 e. The van der Waals surface area contributed by atoms with Gasteiger partial charge in [-0.15, -0.1) is 0 Å². The van der Waals surface area contributed by atoms with E-state index in [9.17, 15) is 4.79 Å². The number of nitrogens with zero attached hydrogens (tertiary/aromatic N) is 4. The standard InChI is InChI=1S/C18H24N4O2/c1-11-10-13(16-12(2)20-21(3)17(16)19-11)18(23)22-8-9-24-15-7-5-4-6-14(15)22/h10,14-15H,4-9H2,1-3H3/t14-,15+/m0/s1. The van der Waals surface area contributed by atoms with Crippen LogP contribution in [0.25, 0.3) is 11.0 Å². The normalized spacial score (nSPS) is 24.2. The third-order valence-corrected chi connectivity index (χ3v) is 5.32. The first-order valence-corrected chi connectivity index (χ1v) is 8.80. The molecule has 2 aromatic rings. The van der Waals surface area contributed by atoms with Crippen molar-refractivity contribution in [1.82, 2.24) is 19.7 Å². The molecule has 0 aromatic carbocycles. The van der Waals surface area contributed by atoms with Gasteiger partial charge in [0.1, 0.15) is 0 Å². The number of carbonyl (C=O) groups is 1. The number of rotatable bonds is 1. The van der Waals surface area contributed by atoms with Gasteiger partial charge in [0.05, 0.1) is 35.4 Å². The smallest absolute Gasteiger partial charge is 0.255 e. The van der Waals surface area contributed by atoms with Gasteiger partial charge in [0.15, 0.2) is 5.65 Å². The van der Waals surface area contributed by atoms with Gasteiger partial charge in [-0.25, -0.2) is 4.98 Å². The number of hydrogen-bond acceptors (Lipinski definition) is 4. The molecule has 3 heterocycles. The van der Waals surface area contributed by atoms with E-state index in [2.05, 4.69) is 10.1 Å². The first kappa shape index (κ1) is 15.6. The molecule has 6 nitrogen and oxygen atoms in total. The third kappa shape index (κ3) is 2.40. The Morgan fingerprint density at radius 3 is 2.92 bits per heavy atom. The van der Waals surface area contributed by atoms with E-state index in [1.54, 1.807) is 4.68 Å². The molecule has 6 heteroatoms. The van der Waals surface area contributed by atoms with E-state index in [0.717, 1.165) is 40.8 Å². The summed E-state index contributed by atoms with van der Waals surface area (Å²) in [4.78, 5) is 20.0. The molecule has 2 fully saturated rings. The topological polar surface area (TPSA) is 60.3 Å². The number of aryl methyl sites for hydroxylation is 3. The summed E-state index contributed by atoms with van der Waals surface area (Å²) in [5, 5.41) is 5.34. The number of amides is 1. The Balaban J connectivity index is 1.78. The molecule has 2 atom stereocenters. The number of ether oxygens (including phenoxy) is 1. The molecule has 2 aliphatic rings. The van der Waals surface area contributed by atoms with Gasteiger partial charge in [0.2, 0.25) is 0 Å². The van der Waals surface area contributed by atoms with Gasteiger partial charge in [-0.2, -0.15) is 5.10 Å². The van der Waals surface area contributed by atoms with Crippen LogP contribution in [0.15, 0.2) is 6.07 Å². The highest BCUT2D eigenvalue weighted by Crippen LogP contribution is 2.31. The quantitative estimate of drug-likeness (QED) is 0.806. The highest BCUT2D eigenvalue weighted by molar-refractivity contribution is 6.06. The molecule has 1 aliphatic carbocycles. The summed E-state index contributed by atoms with van der Waals surface area (Å²) in [7, 11) is 1.88. The lowest BCUT2D eigenvalue weighted by Crippen LogP contribution is -2.54. The number of carbonyl (C=O) groups excluding carboxylic acids is 1. The number of hydrogen-bond donors (Lipinski definition) is 0. The van der Waals surface area contributed by atoms with Crippen LogP contribution in [0.2, 0.25) is 0 Å². The second-order valence-electron chi connectivity index (χ2n) is 6.98. The molecule has 128 valence electrons. The predicted molar refractivity (Wildman–Crippen MR) is 91.0 cm³/mol. The third-order valence-electron chi connectivity index (χ3n) is 5.32. The van der Waals surface area contributed by atoms with Crippen LogP contribution in [0.5, 0.6) is 0 Å². The summed E-state index contributed by atoms with van der Waals surface area (Å²) >= 11 is 0. The minimum Gasteiger partial charge on any atom is -0.374 e. The number of fused-ring (bicyclic) bond motifs is 2. The second-order valence-corrected chi connectivity index (χ2v) is 6.98. The zero-order chi connectivity index (χ0) is 16.8. The molecule has 0 unspecified atom stereocenters. The van der Waals surface area contributed by atoms with Gasteiger partial charge in [0.25, 0.3) is 5.91 Å². The van der Waals surface area contributed by atoms with Crippen molar-refractivity contribution in [1.29, 1.82) is 0 Å². The average Bonchev–Trinajstić information content (AvgIpc) is 2.87. The fourth-order valence-corrected chi connectivity index (χ4v) is 4.24. The summed E-state index contributed by atoms with van der Waals surface area (Å²) in [6.45, 7) is 5.18. The molecule has 24 heavy (non-hydrogen) atoms. The van der Waals surface area contributed by atoms with Crippen molar-refractivity contribution in [2.24, 2.45) is 7.05 Å². The minimum atomic E-state index is 0.0989. The fraction of sp³-hybridized carbons (Fsp3) is 0.611. The van der Waals surface area contributed by atoms with Crippen LogP contribution in [0.1, 0.15) is 47.4 Å². The molecule has 1 saturated carbocycles. The Labute approximate surface area is 141 Å². The lowest BCUT2D eigenvalue weighted by molar-refractivity contribution is -0.0752. The molecule has 0 spiro atoms. The molecular weight excluding hydrogens is 304 g/mol. The van der Waals surface area contributed by atoms with E-state index < -0.39 is 0 Å². The first-order chi connectivity index (χ1) is 11.6. The van der Waals surface area contributed by atoms with E-state index >= 15 is 0 Å². The van der Waals surface area contributed by atoms with Crippen LogP contribution >= 0.6 is 0 Å². The molecule has 1 saturated heterocycles. The van der Waals surface area contributed by atoms with E-state index in [1.807, 2.05) is 31.9 Å². The predicted octanol–water partition coefficient (Wildman–Crippen LogP) is 2.37. The van der Waals surface area contributed by atoms with Crippen LogP contribution in [-0.4, -0.2) is 50.9 Å². The van der Waals surface area contributed by atoms with Gasteiger partial charge < -0.3 is 9.64 Å². The first-order valence-electron chi connectivity index (χ1n) is 8.80. The Bertz CT molecular complexity index is 796. The van der Waals surface area contributed by atoms with Crippen molar-refractivity contribution >= 4 is 16.9 Å². The summed E-state index contributed by atoms with van der Waals surface area (Å²) in [6, 6.07) is 2.12. The van der Waals surface area contributed by atoms with Crippen molar-refractivity contribution in [3.05, 3.63) is 23.0 Å². The van der Waals surface area contributed by atoms with Crippen LogP contribution in [-0.2, 0) is 11.8 Å². The van der Waals surface area contributed by atoms with Gasteiger partial charge in [-0.05, 0) is 32.8 Å². The van der Waals surface area contributed by atoms with Crippen LogP contribution in [0.3, 0.4) is 0 Å². The summed E-state index contributed by atoms with van der Waals surface area (Å²) in [5.74, 6) is 0.0989. The van der Waals surface area contributed by atoms with Crippen molar-refractivity contribution in [2.75, 3.05) is 13.2 Å². The second kappa shape index (κ2) is 5.84. The number of aromatic nitrogens is 3. The number of pyridine rings is 1. The molecule has 1 aliphatic heterocycles. The monoisotopic (exact) mass is 328 g/mol. The Morgan fingerprint density at radius 2 is 2.08 bits per heavy atom. The summed E-state index contributed by atoms with van der Waals surface area (Å²) in [6.07, 6.45) is 4.67. The molecular formula is C18H24N4O2. The molecule has 1 amide bonds. The minimum absolute atomic E-state index is 0.0989. The molecule has 0 N–H and O–H groups in total. The van der Waals surface area contributed by atoms with Crippen molar-refractivity contribution < 1.29 is 9.53 Å².